The van der Waals surface area contributed by atoms with Gasteiger partial charge in [-0.05, 0) is 12.8 Å². The van der Waals surface area contributed by atoms with Crippen LogP contribution < -0.4 is 5.32 Å². The van der Waals surface area contributed by atoms with Gasteiger partial charge in [0, 0.05) is 19.5 Å². The number of carbonyl (C=O) groups excluding carboxylic acids is 1. The van der Waals surface area contributed by atoms with E-state index < -0.39 is 24.7 Å². The molecule has 0 aliphatic rings. The van der Waals surface area contributed by atoms with E-state index in [-0.39, 0.29) is 25.4 Å². The van der Waals surface area contributed by atoms with Crippen molar-refractivity contribution in [1.29, 1.82) is 0 Å². The van der Waals surface area contributed by atoms with E-state index in [0.717, 1.165) is 0 Å². The molecule has 0 aliphatic heterocycles. The molecule has 0 aromatic heterocycles. The standard InChI is InChI=1S/C10H17F3N2O3/c1-3-15(6-10(11,12)13)9(18)14-5-7(2)4-8(16)17/h7H,3-6H2,1-2H3,(H,14,18)(H,16,17). The lowest BCUT2D eigenvalue weighted by Crippen LogP contribution is -2.45. The molecule has 0 radical (unpaired) electrons. The molecule has 0 saturated carbocycles. The summed E-state index contributed by atoms with van der Waals surface area (Å²) in [5.41, 5.74) is 0. The average Bonchev–Trinajstić information content (AvgIpc) is 2.20. The van der Waals surface area contributed by atoms with Gasteiger partial charge in [-0.3, -0.25) is 4.79 Å². The van der Waals surface area contributed by atoms with Gasteiger partial charge in [-0.25, -0.2) is 4.79 Å². The minimum absolute atomic E-state index is 0.0273. The first-order valence-electron chi connectivity index (χ1n) is 5.47. The Kier molecular flexibility index (Phi) is 6.50. The van der Waals surface area contributed by atoms with Crippen LogP contribution in [-0.4, -0.2) is 47.8 Å². The summed E-state index contributed by atoms with van der Waals surface area (Å²) in [7, 11) is 0. The van der Waals surface area contributed by atoms with E-state index >= 15 is 0 Å². The Bertz CT molecular complexity index is 295. The topological polar surface area (TPSA) is 69.6 Å². The maximum absolute atomic E-state index is 12.1. The number of alkyl halides is 3. The van der Waals surface area contributed by atoms with Gasteiger partial charge in [0.2, 0.25) is 0 Å². The molecule has 0 fully saturated rings. The molecule has 2 amide bonds. The summed E-state index contributed by atoms with van der Waals surface area (Å²) in [4.78, 5) is 22.4. The second-order valence-corrected chi connectivity index (χ2v) is 4.02. The van der Waals surface area contributed by atoms with Crippen LogP contribution in [0.2, 0.25) is 0 Å². The number of carboxylic acid groups (broad SMARTS) is 1. The highest BCUT2D eigenvalue weighted by Crippen LogP contribution is 2.16. The van der Waals surface area contributed by atoms with Gasteiger partial charge < -0.3 is 15.3 Å². The van der Waals surface area contributed by atoms with Crippen molar-refractivity contribution >= 4 is 12.0 Å². The Morgan fingerprint density at radius 2 is 1.94 bits per heavy atom. The number of nitrogens with zero attached hydrogens (tertiary/aromatic N) is 1. The number of hydrogen-bond acceptors (Lipinski definition) is 2. The van der Waals surface area contributed by atoms with Crippen molar-refractivity contribution in [1.82, 2.24) is 10.2 Å². The van der Waals surface area contributed by atoms with Crippen LogP contribution in [0.5, 0.6) is 0 Å². The first kappa shape index (κ1) is 16.5. The summed E-state index contributed by atoms with van der Waals surface area (Å²) >= 11 is 0. The Hall–Kier alpha value is -1.47. The van der Waals surface area contributed by atoms with Gasteiger partial charge in [0.25, 0.3) is 0 Å². The summed E-state index contributed by atoms with van der Waals surface area (Å²) in [5.74, 6) is -1.35. The molecule has 0 rings (SSSR count). The highest BCUT2D eigenvalue weighted by molar-refractivity contribution is 5.74. The summed E-state index contributed by atoms with van der Waals surface area (Å²) < 4.78 is 36.4. The zero-order chi connectivity index (χ0) is 14.3. The number of aliphatic carboxylic acids is 1. The first-order chi connectivity index (χ1) is 8.15. The first-order valence-corrected chi connectivity index (χ1v) is 5.47. The van der Waals surface area contributed by atoms with Crippen molar-refractivity contribution in [2.24, 2.45) is 5.92 Å². The molecule has 0 spiro atoms. The van der Waals surface area contributed by atoms with Crippen LogP contribution in [0.25, 0.3) is 0 Å². The Morgan fingerprint density at radius 3 is 2.33 bits per heavy atom. The molecule has 0 bridgehead atoms. The monoisotopic (exact) mass is 270 g/mol. The number of carbonyl (C=O) groups is 2. The molecule has 0 aliphatic carbocycles. The molecule has 1 unspecified atom stereocenters. The molecular formula is C10H17F3N2O3. The van der Waals surface area contributed by atoms with Gasteiger partial charge in [0.1, 0.15) is 6.54 Å². The van der Waals surface area contributed by atoms with Crippen LogP contribution in [0.3, 0.4) is 0 Å². The van der Waals surface area contributed by atoms with Gasteiger partial charge in [-0.2, -0.15) is 13.2 Å². The number of halogens is 3. The lowest BCUT2D eigenvalue weighted by molar-refractivity contribution is -0.139. The van der Waals surface area contributed by atoms with Crippen LogP contribution in [0.4, 0.5) is 18.0 Å². The van der Waals surface area contributed by atoms with Gasteiger partial charge in [0.15, 0.2) is 0 Å². The summed E-state index contributed by atoms with van der Waals surface area (Å²) in [5, 5.41) is 10.8. The van der Waals surface area contributed by atoms with Crippen molar-refractivity contribution in [2.45, 2.75) is 26.4 Å². The molecule has 8 heteroatoms. The third-order valence-electron chi connectivity index (χ3n) is 2.16. The Morgan fingerprint density at radius 1 is 1.39 bits per heavy atom. The normalized spacial score (nSPS) is 12.9. The summed E-state index contributed by atoms with van der Waals surface area (Å²) in [6.45, 7) is 1.67. The SMILES string of the molecule is CCN(CC(F)(F)F)C(=O)NCC(C)CC(=O)O. The third-order valence-corrected chi connectivity index (χ3v) is 2.16. The number of nitrogens with one attached hydrogen (secondary N) is 1. The Labute approximate surface area is 103 Å². The number of amides is 2. The molecule has 0 heterocycles. The van der Waals surface area contributed by atoms with E-state index in [1.165, 1.54) is 6.92 Å². The molecule has 5 nitrogen and oxygen atoms in total. The van der Waals surface area contributed by atoms with Crippen LogP contribution in [0, 0.1) is 5.92 Å². The van der Waals surface area contributed by atoms with Crippen LogP contribution in [0.15, 0.2) is 0 Å². The number of carboxylic acids is 1. The maximum Gasteiger partial charge on any atom is 0.406 e. The lowest BCUT2D eigenvalue weighted by atomic mass is 10.1. The molecule has 1 atom stereocenters. The number of urea groups is 1. The smallest absolute Gasteiger partial charge is 0.406 e. The second kappa shape index (κ2) is 7.07. The minimum Gasteiger partial charge on any atom is -0.481 e. The molecule has 0 aromatic carbocycles. The molecule has 2 N–H and O–H groups in total. The third kappa shape index (κ3) is 7.75. The molecule has 0 saturated heterocycles. The van der Waals surface area contributed by atoms with Crippen molar-refractivity contribution in [3.05, 3.63) is 0 Å². The quantitative estimate of drug-likeness (QED) is 0.771. The highest BCUT2D eigenvalue weighted by Gasteiger charge is 2.32. The van der Waals surface area contributed by atoms with E-state index in [1.54, 1.807) is 6.92 Å². The molecule has 18 heavy (non-hydrogen) atoms. The fourth-order valence-corrected chi connectivity index (χ4v) is 1.29. The van der Waals surface area contributed by atoms with E-state index in [1.807, 2.05) is 0 Å². The predicted octanol–water partition coefficient (Wildman–Crippen LogP) is 1.69. The molecular weight excluding hydrogens is 253 g/mol. The Balaban J connectivity index is 4.16. The van der Waals surface area contributed by atoms with Crippen molar-refractivity contribution < 1.29 is 27.9 Å². The molecule has 0 aromatic rings. The largest absolute Gasteiger partial charge is 0.481 e. The van der Waals surface area contributed by atoms with Gasteiger partial charge >= 0.3 is 18.2 Å². The fraction of sp³-hybridized carbons (Fsp3) is 0.800. The fourth-order valence-electron chi connectivity index (χ4n) is 1.29. The minimum atomic E-state index is -4.44. The van der Waals surface area contributed by atoms with Gasteiger partial charge in [-0.1, -0.05) is 6.92 Å². The van der Waals surface area contributed by atoms with E-state index in [2.05, 4.69) is 5.32 Å². The van der Waals surface area contributed by atoms with Crippen LogP contribution in [0.1, 0.15) is 20.3 Å². The van der Waals surface area contributed by atoms with Crippen molar-refractivity contribution in [3.63, 3.8) is 0 Å². The molecule has 106 valence electrons. The van der Waals surface area contributed by atoms with Crippen LogP contribution >= 0.6 is 0 Å². The summed E-state index contributed by atoms with van der Waals surface area (Å²) in [6.07, 6.45) is -4.59. The maximum atomic E-state index is 12.1. The average molecular weight is 270 g/mol. The number of rotatable bonds is 6. The zero-order valence-electron chi connectivity index (χ0n) is 10.3. The second-order valence-electron chi connectivity index (χ2n) is 4.02. The van der Waals surface area contributed by atoms with Gasteiger partial charge in [0.05, 0.1) is 0 Å². The van der Waals surface area contributed by atoms with Gasteiger partial charge in [-0.15, -0.1) is 0 Å². The summed E-state index contributed by atoms with van der Waals surface area (Å²) in [6, 6.07) is -0.841. The van der Waals surface area contributed by atoms with Crippen LogP contribution in [-0.2, 0) is 4.79 Å². The van der Waals surface area contributed by atoms with E-state index in [9.17, 15) is 22.8 Å². The van der Waals surface area contributed by atoms with E-state index in [4.69, 9.17) is 5.11 Å². The van der Waals surface area contributed by atoms with E-state index in [0.29, 0.717) is 4.90 Å². The zero-order valence-corrected chi connectivity index (χ0v) is 10.3. The highest BCUT2D eigenvalue weighted by atomic mass is 19.4. The predicted molar refractivity (Wildman–Crippen MR) is 58.1 cm³/mol. The lowest BCUT2D eigenvalue weighted by Gasteiger charge is -2.23. The van der Waals surface area contributed by atoms with Crippen molar-refractivity contribution in [2.75, 3.05) is 19.6 Å². The van der Waals surface area contributed by atoms with Crippen molar-refractivity contribution in [3.8, 4) is 0 Å². The number of hydrogen-bond donors (Lipinski definition) is 2.